The summed E-state index contributed by atoms with van der Waals surface area (Å²) in [5, 5.41) is 0. The van der Waals surface area contributed by atoms with Crippen LogP contribution in [0.4, 0.5) is 17.6 Å². The molecule has 6 atom stereocenters. The highest BCUT2D eigenvalue weighted by Crippen LogP contribution is 2.56. The van der Waals surface area contributed by atoms with Gasteiger partial charge >= 0.3 is 0 Å². The van der Waals surface area contributed by atoms with Crippen molar-refractivity contribution in [3.8, 4) is 0 Å². The van der Waals surface area contributed by atoms with E-state index >= 15 is 0 Å². The molecule has 2 rings (SSSR count). The van der Waals surface area contributed by atoms with Gasteiger partial charge in [0.15, 0.2) is 0 Å². The number of halogens is 4. The highest BCUT2D eigenvalue weighted by atomic mass is 19.3. The van der Waals surface area contributed by atoms with Crippen molar-refractivity contribution in [3.63, 3.8) is 0 Å². The van der Waals surface area contributed by atoms with Crippen LogP contribution in [0.5, 0.6) is 0 Å². The Hall–Kier alpha value is -0.280. The molecule has 0 heterocycles. The Morgan fingerprint density at radius 1 is 1.09 bits per heavy atom. The molecule has 0 amide bonds. The minimum Gasteiger partial charge on any atom is -0.244 e. The summed E-state index contributed by atoms with van der Waals surface area (Å²) in [6, 6.07) is 0. The van der Waals surface area contributed by atoms with Gasteiger partial charge < -0.3 is 0 Å². The molecule has 4 heteroatoms. The monoisotopic (exact) mass is 322 g/mol. The lowest BCUT2D eigenvalue weighted by atomic mass is 9.78. The van der Waals surface area contributed by atoms with Crippen LogP contribution < -0.4 is 0 Å². The van der Waals surface area contributed by atoms with Crippen molar-refractivity contribution in [2.24, 2.45) is 23.7 Å². The molecule has 0 saturated heterocycles. The number of hydrogen-bond donors (Lipinski definition) is 0. The van der Waals surface area contributed by atoms with Crippen LogP contribution in [0.15, 0.2) is 0 Å². The second-order valence-electron chi connectivity index (χ2n) is 7.42. The third kappa shape index (κ3) is 3.62. The van der Waals surface area contributed by atoms with Crippen LogP contribution in [-0.4, -0.2) is 18.3 Å². The molecule has 2 saturated carbocycles. The summed E-state index contributed by atoms with van der Waals surface area (Å²) in [4.78, 5) is 0. The smallest absolute Gasteiger partial charge is 0.244 e. The topological polar surface area (TPSA) is 0 Å². The lowest BCUT2D eigenvalue weighted by Gasteiger charge is -2.34. The molecule has 0 aromatic rings. The largest absolute Gasteiger partial charge is 0.256 e. The standard InChI is InChI=1S/C18H30F4/c1-3-6-12(4-2)7-5-8-14-11-13-9-10-15(19)17(20)16(13)18(14,21)22/h12-17H,3-11H2,1-2H3. The van der Waals surface area contributed by atoms with Gasteiger partial charge in [0, 0.05) is 5.92 Å². The molecular formula is C18H30F4. The molecule has 0 aliphatic heterocycles. The molecule has 0 N–H and O–H groups in total. The van der Waals surface area contributed by atoms with Crippen molar-refractivity contribution in [2.75, 3.05) is 0 Å². The van der Waals surface area contributed by atoms with Crippen LogP contribution in [0.2, 0.25) is 0 Å². The molecule has 2 fully saturated rings. The van der Waals surface area contributed by atoms with Crippen LogP contribution >= 0.6 is 0 Å². The first-order valence-electron chi connectivity index (χ1n) is 9.07. The van der Waals surface area contributed by atoms with E-state index in [0.717, 1.165) is 32.1 Å². The third-order valence-corrected chi connectivity index (χ3v) is 6.02. The summed E-state index contributed by atoms with van der Waals surface area (Å²) in [6.07, 6.45) is 2.86. The van der Waals surface area contributed by atoms with Crippen molar-refractivity contribution in [1.29, 1.82) is 0 Å². The Balaban J connectivity index is 1.90. The van der Waals surface area contributed by atoms with Crippen molar-refractivity contribution in [1.82, 2.24) is 0 Å². The molecule has 130 valence electrons. The van der Waals surface area contributed by atoms with Crippen molar-refractivity contribution in [2.45, 2.75) is 89.9 Å². The summed E-state index contributed by atoms with van der Waals surface area (Å²) in [5.41, 5.74) is 0. The van der Waals surface area contributed by atoms with Crippen LogP contribution in [0.3, 0.4) is 0 Å². The fourth-order valence-electron chi connectivity index (χ4n) is 4.71. The number of fused-ring (bicyclic) bond motifs is 1. The Kier molecular flexibility index (Phi) is 6.18. The lowest BCUT2D eigenvalue weighted by molar-refractivity contribution is -0.128. The Morgan fingerprint density at radius 2 is 1.82 bits per heavy atom. The summed E-state index contributed by atoms with van der Waals surface area (Å²) < 4.78 is 56.4. The fraction of sp³-hybridized carbons (Fsp3) is 1.00. The van der Waals surface area contributed by atoms with Crippen LogP contribution in [-0.2, 0) is 0 Å². The molecule has 0 aromatic heterocycles. The van der Waals surface area contributed by atoms with E-state index in [-0.39, 0.29) is 12.3 Å². The molecule has 0 spiro atoms. The molecular weight excluding hydrogens is 292 g/mol. The van der Waals surface area contributed by atoms with E-state index in [1.165, 1.54) is 0 Å². The van der Waals surface area contributed by atoms with Crippen molar-refractivity contribution < 1.29 is 17.6 Å². The highest BCUT2D eigenvalue weighted by molar-refractivity contribution is 5.04. The maximum Gasteiger partial charge on any atom is 0.256 e. The quantitative estimate of drug-likeness (QED) is 0.480. The number of alkyl halides is 4. The Labute approximate surface area is 132 Å². The van der Waals surface area contributed by atoms with Gasteiger partial charge in [-0.3, -0.25) is 0 Å². The van der Waals surface area contributed by atoms with E-state index in [0.29, 0.717) is 25.2 Å². The van der Waals surface area contributed by atoms with E-state index in [1.807, 2.05) is 0 Å². The van der Waals surface area contributed by atoms with Gasteiger partial charge in [-0.1, -0.05) is 46.0 Å². The van der Waals surface area contributed by atoms with Gasteiger partial charge in [0.05, 0.1) is 5.92 Å². The van der Waals surface area contributed by atoms with Gasteiger partial charge in [-0.15, -0.1) is 0 Å². The van der Waals surface area contributed by atoms with Gasteiger partial charge in [-0.05, 0) is 37.5 Å². The zero-order chi connectivity index (χ0) is 16.3. The SMILES string of the molecule is CCCC(CC)CCCC1CC2CCC(F)C(F)C2C1(F)F. The van der Waals surface area contributed by atoms with Crippen molar-refractivity contribution in [3.05, 3.63) is 0 Å². The first-order chi connectivity index (χ1) is 10.4. The second kappa shape index (κ2) is 7.53. The maximum absolute atomic E-state index is 14.5. The normalized spacial score (nSPS) is 38.7. The molecule has 0 bridgehead atoms. The summed E-state index contributed by atoms with van der Waals surface area (Å²) in [6.45, 7) is 4.29. The average molecular weight is 322 g/mol. The molecule has 6 unspecified atom stereocenters. The number of rotatable bonds is 7. The van der Waals surface area contributed by atoms with Gasteiger partial charge in [0.2, 0.25) is 0 Å². The van der Waals surface area contributed by atoms with Crippen LogP contribution in [0, 0.1) is 23.7 Å². The molecule has 0 radical (unpaired) electrons. The molecule has 0 nitrogen and oxygen atoms in total. The second-order valence-corrected chi connectivity index (χ2v) is 7.42. The van der Waals surface area contributed by atoms with Crippen LogP contribution in [0.1, 0.15) is 71.6 Å². The van der Waals surface area contributed by atoms with Gasteiger partial charge in [0.25, 0.3) is 5.92 Å². The summed E-state index contributed by atoms with van der Waals surface area (Å²) in [7, 11) is 0. The first kappa shape index (κ1) is 18.1. The fourth-order valence-corrected chi connectivity index (χ4v) is 4.71. The minimum atomic E-state index is -3.03. The lowest BCUT2D eigenvalue weighted by Crippen LogP contribution is -2.44. The maximum atomic E-state index is 14.5. The minimum absolute atomic E-state index is 0.111. The van der Waals surface area contributed by atoms with E-state index in [1.54, 1.807) is 0 Å². The molecule has 2 aliphatic rings. The Bertz CT molecular complexity index is 344. The zero-order valence-corrected chi connectivity index (χ0v) is 13.8. The Morgan fingerprint density at radius 3 is 2.45 bits per heavy atom. The average Bonchev–Trinajstić information content (AvgIpc) is 2.73. The zero-order valence-electron chi connectivity index (χ0n) is 13.8. The molecule has 0 aromatic carbocycles. The van der Waals surface area contributed by atoms with Crippen molar-refractivity contribution >= 4 is 0 Å². The van der Waals surface area contributed by atoms with Gasteiger partial charge in [-0.2, -0.15) is 0 Å². The van der Waals surface area contributed by atoms with E-state index in [4.69, 9.17) is 0 Å². The third-order valence-electron chi connectivity index (χ3n) is 6.02. The predicted molar refractivity (Wildman–Crippen MR) is 81.6 cm³/mol. The van der Waals surface area contributed by atoms with Gasteiger partial charge in [0.1, 0.15) is 12.3 Å². The number of hydrogen-bond acceptors (Lipinski definition) is 0. The summed E-state index contributed by atoms with van der Waals surface area (Å²) >= 11 is 0. The molecule has 22 heavy (non-hydrogen) atoms. The van der Waals surface area contributed by atoms with Gasteiger partial charge in [-0.25, -0.2) is 17.6 Å². The van der Waals surface area contributed by atoms with Crippen LogP contribution in [0.25, 0.3) is 0 Å². The van der Waals surface area contributed by atoms with E-state index in [9.17, 15) is 17.6 Å². The van der Waals surface area contributed by atoms with E-state index < -0.39 is 30.1 Å². The van der Waals surface area contributed by atoms with E-state index in [2.05, 4.69) is 13.8 Å². The molecule has 2 aliphatic carbocycles. The summed E-state index contributed by atoms with van der Waals surface area (Å²) in [5.74, 6) is -4.85. The predicted octanol–water partition coefficient (Wildman–Crippen LogP) is 6.34. The first-order valence-corrected chi connectivity index (χ1v) is 9.07. The highest BCUT2D eigenvalue weighted by Gasteiger charge is 2.62.